The van der Waals surface area contributed by atoms with Crippen LogP contribution in [0.15, 0.2) is 29.3 Å². The number of hydrogen-bond donors (Lipinski definition) is 0. The summed E-state index contributed by atoms with van der Waals surface area (Å²) in [5.74, 6) is 0. The lowest BCUT2D eigenvalue weighted by Crippen LogP contribution is -2.13. The molecule has 0 aromatic heterocycles. The lowest BCUT2D eigenvalue weighted by atomic mass is 9.92. The second kappa shape index (κ2) is 2.43. The Bertz CT molecular complexity index is 426. The van der Waals surface area contributed by atoms with Gasteiger partial charge >= 0.3 is 0 Å². The fourth-order valence-corrected chi connectivity index (χ4v) is 1.62. The first kappa shape index (κ1) is 8.00. The van der Waals surface area contributed by atoms with Gasteiger partial charge in [0.05, 0.1) is 5.71 Å². The molecular formula is C11H10N2. The number of hydrogen-bond acceptors (Lipinski definition) is 2. The summed E-state index contributed by atoms with van der Waals surface area (Å²) < 4.78 is 0. The van der Waals surface area contributed by atoms with E-state index in [1.165, 1.54) is 0 Å². The minimum absolute atomic E-state index is 0.620. The average Bonchev–Trinajstić information content (AvgIpc) is 2.79. The van der Waals surface area contributed by atoms with Crippen LogP contribution < -0.4 is 0 Å². The van der Waals surface area contributed by atoms with Crippen LogP contribution in [0.4, 0.5) is 0 Å². The zero-order valence-electron chi connectivity index (χ0n) is 7.70. The zero-order chi connectivity index (χ0) is 9.47. The standard InChI is InChI=1S/C11H10N2/c1-8-5-3-4-6-10(8)11(7-12)9(2)13-11/h3-6H,1-2H3. The second-order valence-electron chi connectivity index (χ2n) is 3.33. The van der Waals surface area contributed by atoms with Gasteiger partial charge in [0, 0.05) is 5.56 Å². The molecule has 0 bridgehead atoms. The third-order valence-corrected chi connectivity index (χ3v) is 2.51. The SMILES string of the molecule is CC1=NC1(C#N)c1ccccc1C. The highest BCUT2D eigenvalue weighted by atomic mass is 15.0. The Hall–Kier alpha value is -1.62. The molecule has 0 saturated carbocycles. The van der Waals surface area contributed by atoms with Crippen LogP contribution in [0.2, 0.25) is 0 Å². The van der Waals surface area contributed by atoms with Crippen LogP contribution in [0.1, 0.15) is 18.1 Å². The lowest BCUT2D eigenvalue weighted by Gasteiger charge is -2.08. The first-order chi connectivity index (χ1) is 6.20. The van der Waals surface area contributed by atoms with Crippen LogP contribution in [0, 0.1) is 18.3 Å². The third kappa shape index (κ3) is 0.972. The molecule has 1 unspecified atom stereocenters. The van der Waals surface area contributed by atoms with Crippen LogP contribution in [0.25, 0.3) is 0 Å². The van der Waals surface area contributed by atoms with E-state index in [2.05, 4.69) is 11.1 Å². The zero-order valence-corrected chi connectivity index (χ0v) is 7.70. The molecule has 1 aromatic rings. The predicted molar refractivity (Wildman–Crippen MR) is 51.6 cm³/mol. The van der Waals surface area contributed by atoms with E-state index in [0.29, 0.717) is 0 Å². The Kier molecular flexibility index (Phi) is 1.50. The Balaban J connectivity index is 2.49. The molecule has 0 radical (unpaired) electrons. The van der Waals surface area contributed by atoms with Gasteiger partial charge in [-0.1, -0.05) is 24.3 Å². The van der Waals surface area contributed by atoms with Crippen molar-refractivity contribution in [2.75, 3.05) is 0 Å². The summed E-state index contributed by atoms with van der Waals surface area (Å²) in [6.07, 6.45) is 0. The van der Waals surface area contributed by atoms with Crippen molar-refractivity contribution in [1.29, 1.82) is 5.26 Å². The van der Waals surface area contributed by atoms with E-state index in [4.69, 9.17) is 5.26 Å². The summed E-state index contributed by atoms with van der Waals surface area (Å²) >= 11 is 0. The quantitative estimate of drug-likeness (QED) is 0.636. The van der Waals surface area contributed by atoms with E-state index in [0.717, 1.165) is 16.8 Å². The van der Waals surface area contributed by atoms with Crippen molar-refractivity contribution in [3.8, 4) is 6.07 Å². The summed E-state index contributed by atoms with van der Waals surface area (Å²) in [6.45, 7) is 3.91. The van der Waals surface area contributed by atoms with Gasteiger partial charge in [0.2, 0.25) is 5.54 Å². The topological polar surface area (TPSA) is 36.1 Å². The highest BCUT2D eigenvalue weighted by Crippen LogP contribution is 2.39. The molecule has 0 amide bonds. The normalized spacial score (nSPS) is 24.8. The van der Waals surface area contributed by atoms with Gasteiger partial charge < -0.3 is 0 Å². The van der Waals surface area contributed by atoms with E-state index in [1.807, 2.05) is 38.1 Å². The first-order valence-corrected chi connectivity index (χ1v) is 4.25. The van der Waals surface area contributed by atoms with Crippen molar-refractivity contribution in [3.05, 3.63) is 35.4 Å². The fourth-order valence-electron chi connectivity index (χ4n) is 1.62. The maximum Gasteiger partial charge on any atom is 0.209 e. The molecule has 1 aliphatic rings. The summed E-state index contributed by atoms with van der Waals surface area (Å²) in [5, 5.41) is 9.04. The monoisotopic (exact) mass is 170 g/mol. The Morgan fingerprint density at radius 1 is 1.31 bits per heavy atom. The van der Waals surface area contributed by atoms with Crippen LogP contribution in [-0.4, -0.2) is 5.71 Å². The molecule has 1 aromatic carbocycles. The van der Waals surface area contributed by atoms with Gasteiger partial charge in [-0.3, -0.25) is 4.99 Å². The highest BCUT2D eigenvalue weighted by Gasteiger charge is 2.47. The summed E-state index contributed by atoms with van der Waals surface area (Å²) in [5.41, 5.74) is 2.45. The molecule has 13 heavy (non-hydrogen) atoms. The molecule has 2 nitrogen and oxygen atoms in total. The molecular weight excluding hydrogens is 160 g/mol. The van der Waals surface area contributed by atoms with Gasteiger partial charge in [0.1, 0.15) is 6.07 Å². The highest BCUT2D eigenvalue weighted by molar-refractivity contribution is 6.07. The van der Waals surface area contributed by atoms with Gasteiger partial charge in [-0.15, -0.1) is 0 Å². The van der Waals surface area contributed by atoms with Crippen LogP contribution in [0.3, 0.4) is 0 Å². The van der Waals surface area contributed by atoms with Crippen LogP contribution >= 0.6 is 0 Å². The molecule has 64 valence electrons. The number of aryl methyl sites for hydroxylation is 1. The van der Waals surface area contributed by atoms with Gasteiger partial charge in [-0.05, 0) is 19.4 Å². The van der Waals surface area contributed by atoms with Crippen LogP contribution in [-0.2, 0) is 5.54 Å². The molecule has 1 atom stereocenters. The number of nitrogens with zero attached hydrogens (tertiary/aromatic N) is 2. The fraction of sp³-hybridized carbons (Fsp3) is 0.273. The van der Waals surface area contributed by atoms with Gasteiger partial charge in [0.15, 0.2) is 0 Å². The molecule has 0 N–H and O–H groups in total. The van der Waals surface area contributed by atoms with E-state index in [1.54, 1.807) is 0 Å². The summed E-state index contributed by atoms with van der Waals surface area (Å²) in [4.78, 5) is 4.19. The average molecular weight is 170 g/mol. The minimum Gasteiger partial charge on any atom is -0.257 e. The second-order valence-corrected chi connectivity index (χ2v) is 3.33. The maximum absolute atomic E-state index is 9.04. The predicted octanol–water partition coefficient (Wildman–Crippen LogP) is 2.19. The number of nitriles is 1. The Morgan fingerprint density at radius 2 is 1.92 bits per heavy atom. The van der Waals surface area contributed by atoms with Crippen molar-refractivity contribution in [1.82, 2.24) is 0 Å². The largest absolute Gasteiger partial charge is 0.257 e. The van der Waals surface area contributed by atoms with Gasteiger partial charge in [0.25, 0.3) is 0 Å². The molecule has 0 aliphatic carbocycles. The van der Waals surface area contributed by atoms with Crippen molar-refractivity contribution in [2.45, 2.75) is 19.4 Å². The van der Waals surface area contributed by atoms with Crippen LogP contribution in [0.5, 0.6) is 0 Å². The third-order valence-electron chi connectivity index (χ3n) is 2.51. The first-order valence-electron chi connectivity index (χ1n) is 4.25. The Morgan fingerprint density at radius 3 is 2.38 bits per heavy atom. The van der Waals surface area contributed by atoms with Crippen molar-refractivity contribution >= 4 is 5.71 Å². The van der Waals surface area contributed by atoms with E-state index < -0.39 is 5.54 Å². The molecule has 0 spiro atoms. The summed E-state index contributed by atoms with van der Waals surface area (Å²) in [6, 6.07) is 10.2. The molecule has 0 saturated heterocycles. The molecule has 2 heteroatoms. The summed E-state index contributed by atoms with van der Waals surface area (Å²) in [7, 11) is 0. The lowest BCUT2D eigenvalue weighted by molar-refractivity contribution is 0.907. The van der Waals surface area contributed by atoms with Gasteiger partial charge in [-0.25, -0.2) is 0 Å². The molecule has 1 aliphatic heterocycles. The molecule has 0 fully saturated rings. The number of benzene rings is 1. The van der Waals surface area contributed by atoms with Crippen molar-refractivity contribution in [3.63, 3.8) is 0 Å². The smallest absolute Gasteiger partial charge is 0.209 e. The molecule has 2 rings (SSSR count). The van der Waals surface area contributed by atoms with E-state index in [9.17, 15) is 0 Å². The maximum atomic E-state index is 9.04. The van der Waals surface area contributed by atoms with Gasteiger partial charge in [-0.2, -0.15) is 5.26 Å². The van der Waals surface area contributed by atoms with Crippen molar-refractivity contribution in [2.24, 2.45) is 4.99 Å². The number of rotatable bonds is 1. The molecule has 1 heterocycles. The Labute approximate surface area is 77.5 Å². The number of aliphatic imine (C=N–C) groups is 1. The van der Waals surface area contributed by atoms with E-state index in [-0.39, 0.29) is 0 Å². The van der Waals surface area contributed by atoms with E-state index >= 15 is 0 Å². The minimum atomic E-state index is -0.620. The van der Waals surface area contributed by atoms with Crippen molar-refractivity contribution < 1.29 is 0 Å².